The molecule has 1 atom stereocenters. The molecule has 6 heteroatoms. The third kappa shape index (κ3) is 2.89. The first-order valence-electron chi connectivity index (χ1n) is 8.75. The molecule has 0 amide bonds. The Morgan fingerprint density at radius 3 is 2.77 bits per heavy atom. The number of aliphatic imine (C=N–C) groups is 2. The summed E-state index contributed by atoms with van der Waals surface area (Å²) < 4.78 is 0. The van der Waals surface area contributed by atoms with Crippen molar-refractivity contribution >= 4 is 40.0 Å². The first kappa shape index (κ1) is 15.9. The molecular formula is C20H18N4S2. The SMILES string of the molecule is Cc1ccsc1C1N=C(c2cccs2)c2cccnc2NC1=NC1CC1. The number of amidine groups is 1. The molecule has 0 saturated heterocycles. The van der Waals surface area contributed by atoms with Gasteiger partial charge in [0.05, 0.1) is 16.6 Å². The summed E-state index contributed by atoms with van der Waals surface area (Å²) in [7, 11) is 0. The second-order valence-electron chi connectivity index (χ2n) is 6.60. The number of pyridine rings is 1. The van der Waals surface area contributed by atoms with Crippen molar-refractivity contribution in [1.82, 2.24) is 4.98 Å². The van der Waals surface area contributed by atoms with Gasteiger partial charge < -0.3 is 5.32 Å². The van der Waals surface area contributed by atoms with Gasteiger partial charge in [0, 0.05) is 16.6 Å². The maximum absolute atomic E-state index is 5.23. The average Bonchev–Trinajstić information content (AvgIpc) is 3.15. The van der Waals surface area contributed by atoms with Gasteiger partial charge in [0.1, 0.15) is 17.7 Å². The minimum atomic E-state index is -0.109. The van der Waals surface area contributed by atoms with Gasteiger partial charge >= 0.3 is 0 Å². The van der Waals surface area contributed by atoms with E-state index in [0.717, 1.165) is 40.6 Å². The van der Waals surface area contributed by atoms with E-state index in [1.807, 2.05) is 12.3 Å². The third-order valence-electron chi connectivity index (χ3n) is 4.60. The number of nitrogens with one attached hydrogen (secondary N) is 1. The highest BCUT2D eigenvalue weighted by Crippen LogP contribution is 2.35. The third-order valence-corrected chi connectivity index (χ3v) is 6.55. The lowest BCUT2D eigenvalue weighted by Crippen LogP contribution is -2.20. The molecule has 3 aromatic heterocycles. The van der Waals surface area contributed by atoms with E-state index >= 15 is 0 Å². The van der Waals surface area contributed by atoms with Crippen molar-refractivity contribution in [3.05, 3.63) is 68.2 Å². The molecule has 4 nitrogen and oxygen atoms in total. The summed E-state index contributed by atoms with van der Waals surface area (Å²) in [5.74, 6) is 1.76. The van der Waals surface area contributed by atoms with Gasteiger partial charge in [-0.1, -0.05) is 6.07 Å². The molecule has 3 aromatic rings. The van der Waals surface area contributed by atoms with E-state index in [-0.39, 0.29) is 6.04 Å². The molecule has 26 heavy (non-hydrogen) atoms. The summed E-state index contributed by atoms with van der Waals surface area (Å²) in [4.78, 5) is 17.2. The second-order valence-corrected chi connectivity index (χ2v) is 8.49. The van der Waals surface area contributed by atoms with E-state index in [0.29, 0.717) is 6.04 Å². The Labute approximate surface area is 160 Å². The molecule has 0 bridgehead atoms. The van der Waals surface area contributed by atoms with Crippen molar-refractivity contribution in [2.75, 3.05) is 5.32 Å². The summed E-state index contributed by atoms with van der Waals surface area (Å²) in [6.45, 7) is 2.15. The summed E-state index contributed by atoms with van der Waals surface area (Å²) in [6.07, 6.45) is 4.15. The van der Waals surface area contributed by atoms with Crippen LogP contribution >= 0.6 is 22.7 Å². The molecule has 1 N–H and O–H groups in total. The number of fused-ring (bicyclic) bond motifs is 1. The highest BCUT2D eigenvalue weighted by atomic mass is 32.1. The first-order chi connectivity index (χ1) is 12.8. The van der Waals surface area contributed by atoms with Gasteiger partial charge in [0.2, 0.25) is 0 Å². The molecule has 0 radical (unpaired) electrons. The number of hydrogen-bond donors (Lipinski definition) is 1. The van der Waals surface area contributed by atoms with Gasteiger partial charge in [0.25, 0.3) is 0 Å². The summed E-state index contributed by atoms with van der Waals surface area (Å²) in [5.41, 5.74) is 3.29. The molecule has 130 valence electrons. The zero-order valence-electron chi connectivity index (χ0n) is 14.3. The summed E-state index contributed by atoms with van der Waals surface area (Å²) in [5, 5.41) is 7.75. The number of thiophene rings is 2. The molecule has 1 fully saturated rings. The molecule has 0 aromatic carbocycles. The van der Waals surface area contributed by atoms with E-state index in [1.54, 1.807) is 22.7 Å². The van der Waals surface area contributed by atoms with Crippen molar-refractivity contribution in [3.8, 4) is 0 Å². The quantitative estimate of drug-likeness (QED) is 0.691. The largest absolute Gasteiger partial charge is 0.326 e. The van der Waals surface area contributed by atoms with Crippen LogP contribution in [-0.4, -0.2) is 22.6 Å². The Hall–Kier alpha value is -2.31. The fourth-order valence-electron chi connectivity index (χ4n) is 3.11. The Morgan fingerprint density at radius 2 is 2.04 bits per heavy atom. The lowest BCUT2D eigenvalue weighted by atomic mass is 10.1. The van der Waals surface area contributed by atoms with E-state index in [1.165, 1.54) is 10.4 Å². The van der Waals surface area contributed by atoms with Crippen molar-refractivity contribution in [2.24, 2.45) is 9.98 Å². The normalized spacial score (nSPS) is 21.0. The number of nitrogens with zero attached hydrogens (tertiary/aromatic N) is 3. The van der Waals surface area contributed by atoms with Crippen molar-refractivity contribution in [1.29, 1.82) is 0 Å². The van der Waals surface area contributed by atoms with Gasteiger partial charge in [-0.05, 0) is 60.4 Å². The smallest absolute Gasteiger partial charge is 0.142 e. The first-order valence-corrected chi connectivity index (χ1v) is 10.5. The van der Waals surface area contributed by atoms with Gasteiger partial charge in [-0.3, -0.25) is 9.98 Å². The van der Waals surface area contributed by atoms with Crippen LogP contribution in [0.25, 0.3) is 0 Å². The number of aryl methyl sites for hydroxylation is 1. The molecule has 1 aliphatic carbocycles. The van der Waals surface area contributed by atoms with Crippen LogP contribution in [0.5, 0.6) is 0 Å². The Balaban J connectivity index is 1.73. The van der Waals surface area contributed by atoms with E-state index < -0.39 is 0 Å². The van der Waals surface area contributed by atoms with Crippen LogP contribution < -0.4 is 5.32 Å². The van der Waals surface area contributed by atoms with Gasteiger partial charge in [-0.2, -0.15) is 0 Å². The van der Waals surface area contributed by atoms with Gasteiger partial charge in [-0.15, -0.1) is 22.7 Å². The van der Waals surface area contributed by atoms with E-state index in [4.69, 9.17) is 9.98 Å². The zero-order valence-corrected chi connectivity index (χ0v) is 16.0. The highest BCUT2D eigenvalue weighted by molar-refractivity contribution is 7.12. The maximum atomic E-state index is 5.23. The van der Waals surface area contributed by atoms with E-state index in [2.05, 4.69) is 52.3 Å². The van der Waals surface area contributed by atoms with Crippen LogP contribution in [0, 0.1) is 6.92 Å². The number of anilines is 1. The van der Waals surface area contributed by atoms with Gasteiger partial charge in [-0.25, -0.2) is 4.98 Å². The van der Waals surface area contributed by atoms with Crippen molar-refractivity contribution in [3.63, 3.8) is 0 Å². The Morgan fingerprint density at radius 1 is 1.12 bits per heavy atom. The highest BCUT2D eigenvalue weighted by Gasteiger charge is 2.31. The lowest BCUT2D eigenvalue weighted by Gasteiger charge is -2.15. The molecule has 1 unspecified atom stereocenters. The standard InChI is InChI=1S/C20H18N4S2/c1-12-8-11-26-18(12)17-20(22-13-6-7-13)24-19-14(4-2-9-21-19)16(23-17)15-5-3-10-25-15/h2-5,8-11,13,17H,6-7H2,1H3,(H,21,22,24). The molecule has 1 saturated carbocycles. The predicted molar refractivity (Wildman–Crippen MR) is 110 cm³/mol. The minimum absolute atomic E-state index is 0.109. The minimum Gasteiger partial charge on any atom is -0.326 e. The van der Waals surface area contributed by atoms with Crippen molar-refractivity contribution in [2.45, 2.75) is 31.8 Å². The van der Waals surface area contributed by atoms with Crippen LogP contribution in [0.15, 0.2) is 57.3 Å². The second kappa shape index (κ2) is 6.45. The summed E-state index contributed by atoms with van der Waals surface area (Å²) >= 11 is 3.46. The average molecular weight is 379 g/mol. The predicted octanol–water partition coefficient (Wildman–Crippen LogP) is 5.08. The monoisotopic (exact) mass is 378 g/mol. The fraction of sp³-hybridized carbons (Fsp3) is 0.250. The number of rotatable bonds is 3. The molecule has 4 heterocycles. The molecule has 1 aliphatic heterocycles. The maximum Gasteiger partial charge on any atom is 0.142 e. The van der Waals surface area contributed by atoms with Crippen LogP contribution in [0.3, 0.4) is 0 Å². The Bertz CT molecular complexity index is 997. The fourth-order valence-corrected chi connectivity index (χ4v) is 4.81. The number of aromatic nitrogens is 1. The van der Waals surface area contributed by atoms with Crippen LogP contribution in [0.1, 0.15) is 39.8 Å². The van der Waals surface area contributed by atoms with Gasteiger partial charge in [0.15, 0.2) is 0 Å². The van der Waals surface area contributed by atoms with E-state index in [9.17, 15) is 0 Å². The zero-order chi connectivity index (χ0) is 17.5. The molecular weight excluding hydrogens is 360 g/mol. The van der Waals surface area contributed by atoms with Crippen molar-refractivity contribution < 1.29 is 0 Å². The number of hydrogen-bond acceptors (Lipinski definition) is 5. The Kier molecular flexibility index (Phi) is 3.94. The lowest BCUT2D eigenvalue weighted by molar-refractivity contribution is 0.942. The van der Waals surface area contributed by atoms with Crippen LogP contribution in [0.4, 0.5) is 5.82 Å². The van der Waals surface area contributed by atoms with Crippen LogP contribution in [0.2, 0.25) is 0 Å². The molecule has 0 spiro atoms. The molecule has 5 rings (SSSR count). The molecule has 2 aliphatic rings. The van der Waals surface area contributed by atoms with Crippen LogP contribution in [-0.2, 0) is 0 Å². The summed E-state index contributed by atoms with van der Waals surface area (Å²) in [6, 6.07) is 10.7. The topological polar surface area (TPSA) is 49.6 Å².